The smallest absolute Gasteiger partial charge is 0.337 e. The SMILES string of the molecule is O=C(O)c1ccncc1NC(=O)c1ncc(Cl)c(Cl)c1Cl. The number of hydrogen-bond donors (Lipinski definition) is 2. The molecule has 9 heteroatoms. The van der Waals surface area contributed by atoms with Crippen molar-refractivity contribution in [2.24, 2.45) is 0 Å². The molecule has 0 radical (unpaired) electrons. The molecule has 2 aromatic heterocycles. The van der Waals surface area contributed by atoms with E-state index in [9.17, 15) is 9.59 Å². The lowest BCUT2D eigenvalue weighted by atomic mass is 10.2. The van der Waals surface area contributed by atoms with Gasteiger partial charge in [-0.15, -0.1) is 0 Å². The lowest BCUT2D eigenvalue weighted by molar-refractivity contribution is 0.0698. The van der Waals surface area contributed by atoms with E-state index in [2.05, 4.69) is 15.3 Å². The van der Waals surface area contributed by atoms with Crippen molar-refractivity contribution in [2.75, 3.05) is 5.32 Å². The van der Waals surface area contributed by atoms with E-state index in [1.807, 2.05) is 0 Å². The molecule has 0 fully saturated rings. The van der Waals surface area contributed by atoms with E-state index in [1.165, 1.54) is 24.7 Å². The number of rotatable bonds is 3. The summed E-state index contributed by atoms with van der Waals surface area (Å²) in [6, 6.07) is 1.25. The zero-order valence-electron chi connectivity index (χ0n) is 10.1. The van der Waals surface area contributed by atoms with Crippen LogP contribution in [-0.4, -0.2) is 27.0 Å². The molecule has 0 spiro atoms. The van der Waals surface area contributed by atoms with Crippen molar-refractivity contribution in [3.05, 3.63) is 51.0 Å². The molecule has 21 heavy (non-hydrogen) atoms. The highest BCUT2D eigenvalue weighted by Gasteiger charge is 2.19. The van der Waals surface area contributed by atoms with Crippen LogP contribution in [0.5, 0.6) is 0 Å². The molecule has 0 aliphatic heterocycles. The number of carbonyl (C=O) groups excluding carboxylic acids is 1. The van der Waals surface area contributed by atoms with Crippen molar-refractivity contribution in [3.63, 3.8) is 0 Å². The first kappa shape index (κ1) is 15.5. The molecule has 1 amide bonds. The van der Waals surface area contributed by atoms with Gasteiger partial charge in [-0.05, 0) is 6.07 Å². The van der Waals surface area contributed by atoms with E-state index in [4.69, 9.17) is 39.9 Å². The normalized spacial score (nSPS) is 10.2. The number of aromatic carboxylic acids is 1. The molecule has 2 rings (SSSR count). The van der Waals surface area contributed by atoms with Gasteiger partial charge in [0.25, 0.3) is 5.91 Å². The number of carboxylic acid groups (broad SMARTS) is 1. The predicted octanol–water partition coefficient (Wildman–Crippen LogP) is 3.39. The Morgan fingerprint density at radius 1 is 1.14 bits per heavy atom. The lowest BCUT2D eigenvalue weighted by Gasteiger charge is -2.09. The third-order valence-electron chi connectivity index (χ3n) is 2.43. The maximum Gasteiger partial charge on any atom is 0.337 e. The molecule has 2 N–H and O–H groups in total. The fourth-order valence-electron chi connectivity index (χ4n) is 1.46. The van der Waals surface area contributed by atoms with Gasteiger partial charge in [0, 0.05) is 12.4 Å². The minimum absolute atomic E-state index is 0.0110. The van der Waals surface area contributed by atoms with Gasteiger partial charge in [-0.2, -0.15) is 0 Å². The highest BCUT2D eigenvalue weighted by Crippen LogP contribution is 2.31. The molecule has 0 unspecified atom stereocenters. The maximum absolute atomic E-state index is 12.1. The summed E-state index contributed by atoms with van der Waals surface area (Å²) in [6.45, 7) is 0. The van der Waals surface area contributed by atoms with E-state index in [-0.39, 0.29) is 32.0 Å². The third kappa shape index (κ3) is 3.24. The fraction of sp³-hybridized carbons (Fsp3) is 0. The average Bonchev–Trinajstić information content (AvgIpc) is 2.45. The maximum atomic E-state index is 12.1. The monoisotopic (exact) mass is 345 g/mol. The number of hydrogen-bond acceptors (Lipinski definition) is 4. The molecule has 0 aromatic carbocycles. The van der Waals surface area contributed by atoms with Gasteiger partial charge in [0.15, 0.2) is 0 Å². The molecule has 0 atom stereocenters. The number of anilines is 1. The van der Waals surface area contributed by atoms with Gasteiger partial charge in [-0.1, -0.05) is 34.8 Å². The number of amides is 1. The topological polar surface area (TPSA) is 92.2 Å². The van der Waals surface area contributed by atoms with Crippen LogP contribution in [-0.2, 0) is 0 Å². The van der Waals surface area contributed by atoms with Crippen LogP contribution in [0.3, 0.4) is 0 Å². The Kier molecular flexibility index (Phi) is 4.62. The van der Waals surface area contributed by atoms with Crippen LogP contribution in [0.1, 0.15) is 20.8 Å². The van der Waals surface area contributed by atoms with Crippen LogP contribution in [0.25, 0.3) is 0 Å². The molecule has 0 aliphatic rings. The average molecular weight is 347 g/mol. The second kappa shape index (κ2) is 6.26. The zero-order chi connectivity index (χ0) is 15.6. The van der Waals surface area contributed by atoms with Gasteiger partial charge in [-0.3, -0.25) is 9.78 Å². The minimum Gasteiger partial charge on any atom is -0.478 e. The summed E-state index contributed by atoms with van der Waals surface area (Å²) in [7, 11) is 0. The van der Waals surface area contributed by atoms with Gasteiger partial charge < -0.3 is 10.4 Å². The van der Waals surface area contributed by atoms with Gasteiger partial charge in [0.1, 0.15) is 5.69 Å². The molecule has 0 saturated carbocycles. The summed E-state index contributed by atoms with van der Waals surface area (Å²) in [4.78, 5) is 30.7. The molecule has 2 aromatic rings. The van der Waals surface area contributed by atoms with Crippen molar-refractivity contribution in [3.8, 4) is 0 Å². The van der Waals surface area contributed by atoms with Crippen molar-refractivity contribution in [1.29, 1.82) is 0 Å². The summed E-state index contributed by atoms with van der Waals surface area (Å²) in [5.41, 5.74) is -0.278. The molecular weight excluding hydrogens is 341 g/mol. The number of halogens is 3. The summed E-state index contributed by atoms with van der Waals surface area (Å²) >= 11 is 17.4. The lowest BCUT2D eigenvalue weighted by Crippen LogP contribution is -2.17. The second-order valence-corrected chi connectivity index (χ2v) is 4.93. The van der Waals surface area contributed by atoms with Crippen LogP contribution in [0.15, 0.2) is 24.7 Å². The van der Waals surface area contributed by atoms with E-state index in [0.29, 0.717) is 0 Å². The Labute approximate surface area is 133 Å². The molecular formula is C12H6Cl3N3O3. The van der Waals surface area contributed by atoms with Gasteiger partial charge >= 0.3 is 5.97 Å². The second-order valence-electron chi connectivity index (χ2n) is 3.76. The first-order valence-corrected chi connectivity index (χ1v) is 6.53. The van der Waals surface area contributed by atoms with Crippen LogP contribution < -0.4 is 5.32 Å². The molecule has 2 heterocycles. The molecule has 0 aliphatic carbocycles. The Hall–Kier alpha value is -1.89. The summed E-state index contributed by atoms with van der Waals surface area (Å²) < 4.78 is 0. The number of nitrogens with zero attached hydrogens (tertiary/aromatic N) is 2. The van der Waals surface area contributed by atoms with Crippen molar-refractivity contribution >= 4 is 52.4 Å². The summed E-state index contributed by atoms with van der Waals surface area (Å²) in [6.07, 6.45) is 3.67. The Balaban J connectivity index is 2.36. The highest BCUT2D eigenvalue weighted by molar-refractivity contribution is 6.49. The number of carboxylic acids is 1. The molecule has 108 valence electrons. The van der Waals surface area contributed by atoms with E-state index < -0.39 is 11.9 Å². The number of pyridine rings is 2. The Morgan fingerprint density at radius 3 is 2.52 bits per heavy atom. The van der Waals surface area contributed by atoms with Crippen LogP contribution >= 0.6 is 34.8 Å². The third-order valence-corrected chi connectivity index (χ3v) is 3.67. The van der Waals surface area contributed by atoms with Gasteiger partial charge in [0.2, 0.25) is 0 Å². The van der Waals surface area contributed by atoms with E-state index >= 15 is 0 Å². The molecule has 6 nitrogen and oxygen atoms in total. The van der Waals surface area contributed by atoms with Crippen LogP contribution in [0.4, 0.5) is 5.69 Å². The number of nitrogens with one attached hydrogen (secondary N) is 1. The summed E-state index contributed by atoms with van der Waals surface area (Å²) in [5, 5.41) is 11.4. The van der Waals surface area contributed by atoms with Crippen molar-refractivity contribution < 1.29 is 14.7 Å². The van der Waals surface area contributed by atoms with Crippen molar-refractivity contribution in [1.82, 2.24) is 9.97 Å². The standard InChI is InChI=1S/C12H6Cl3N3O3/c13-6-3-17-10(9(15)8(6)14)11(19)18-7-4-16-2-1-5(7)12(20)21/h1-4H,(H,18,19)(H,20,21). The zero-order valence-corrected chi connectivity index (χ0v) is 12.4. The minimum atomic E-state index is -1.21. The van der Waals surface area contributed by atoms with Crippen LogP contribution in [0.2, 0.25) is 15.1 Å². The van der Waals surface area contributed by atoms with E-state index in [1.54, 1.807) is 0 Å². The van der Waals surface area contributed by atoms with Crippen molar-refractivity contribution in [2.45, 2.75) is 0 Å². The number of carbonyl (C=O) groups is 2. The molecule has 0 bridgehead atoms. The largest absolute Gasteiger partial charge is 0.478 e. The van der Waals surface area contributed by atoms with Gasteiger partial charge in [-0.25, -0.2) is 9.78 Å². The first-order chi connectivity index (χ1) is 9.91. The fourth-order valence-corrected chi connectivity index (χ4v) is 2.03. The first-order valence-electron chi connectivity index (χ1n) is 5.40. The number of aromatic nitrogens is 2. The Morgan fingerprint density at radius 2 is 1.86 bits per heavy atom. The predicted molar refractivity (Wildman–Crippen MR) is 78.4 cm³/mol. The quantitative estimate of drug-likeness (QED) is 0.888. The highest BCUT2D eigenvalue weighted by atomic mass is 35.5. The van der Waals surface area contributed by atoms with E-state index in [0.717, 1.165) is 0 Å². The van der Waals surface area contributed by atoms with Crippen LogP contribution in [0, 0.1) is 0 Å². The van der Waals surface area contributed by atoms with Gasteiger partial charge in [0.05, 0.1) is 32.5 Å². The molecule has 0 saturated heterocycles. The Bertz CT molecular complexity index is 737. The summed E-state index contributed by atoms with van der Waals surface area (Å²) in [5.74, 6) is -1.94.